The molecule has 0 saturated heterocycles. The number of benzene rings is 3. The molecular weight excluding hydrogens is 521 g/mol. The Labute approximate surface area is 198 Å². The Balaban J connectivity index is 1.68. The maximum atomic E-state index is 12.5. The van der Waals surface area contributed by atoms with Crippen molar-refractivity contribution < 1.29 is 14.5 Å². The molecule has 0 heterocycles. The number of carbonyl (C=O) groups is 1. The van der Waals surface area contributed by atoms with E-state index >= 15 is 0 Å². The molecule has 32 heavy (non-hydrogen) atoms. The smallest absolute Gasteiger partial charge is 0.269 e. The van der Waals surface area contributed by atoms with E-state index in [1.54, 1.807) is 30.3 Å². The Hall–Kier alpha value is -3.71. The van der Waals surface area contributed by atoms with Gasteiger partial charge in [0, 0.05) is 17.8 Å². The van der Waals surface area contributed by atoms with Crippen LogP contribution in [0.3, 0.4) is 0 Å². The van der Waals surface area contributed by atoms with Crippen LogP contribution in [0.25, 0.3) is 6.08 Å². The molecule has 8 heteroatoms. The SMILES string of the molecule is Cc1cccc(NC(=O)/C(C#N)=C\c2ccc(OCc3ccc([N+](=O)[O-])cc3)c(I)c2)c1. The van der Waals surface area contributed by atoms with Gasteiger partial charge in [0.25, 0.3) is 11.6 Å². The molecule has 0 radical (unpaired) electrons. The fourth-order valence-electron chi connectivity index (χ4n) is 2.84. The Morgan fingerprint density at radius 2 is 1.94 bits per heavy atom. The molecule has 0 aromatic heterocycles. The van der Waals surface area contributed by atoms with Crippen molar-refractivity contribution in [2.45, 2.75) is 13.5 Å². The number of hydrogen-bond donors (Lipinski definition) is 1. The molecule has 0 fully saturated rings. The summed E-state index contributed by atoms with van der Waals surface area (Å²) in [6.45, 7) is 2.18. The molecule has 7 nitrogen and oxygen atoms in total. The molecular formula is C24H18IN3O4. The zero-order valence-corrected chi connectivity index (χ0v) is 19.2. The number of anilines is 1. The molecule has 0 atom stereocenters. The zero-order chi connectivity index (χ0) is 23.1. The highest BCUT2D eigenvalue weighted by Gasteiger charge is 2.11. The number of nitro benzene ring substituents is 1. The molecule has 1 N–H and O–H groups in total. The van der Waals surface area contributed by atoms with Gasteiger partial charge in [-0.2, -0.15) is 5.26 Å². The molecule has 0 bridgehead atoms. The fourth-order valence-corrected chi connectivity index (χ4v) is 3.53. The second-order valence-corrected chi connectivity index (χ2v) is 8.06. The minimum absolute atomic E-state index is 0.0122. The van der Waals surface area contributed by atoms with Crippen LogP contribution >= 0.6 is 22.6 Å². The summed E-state index contributed by atoms with van der Waals surface area (Å²) in [5.41, 5.74) is 3.13. The molecule has 1 amide bonds. The number of hydrogen-bond acceptors (Lipinski definition) is 5. The van der Waals surface area contributed by atoms with Gasteiger partial charge < -0.3 is 10.1 Å². The lowest BCUT2D eigenvalue weighted by Crippen LogP contribution is -2.13. The molecule has 0 aliphatic rings. The standard InChI is InChI=1S/C24H18IN3O4/c1-16-3-2-4-20(11-16)27-24(29)19(14-26)12-18-7-10-23(22(25)13-18)32-15-17-5-8-21(9-6-17)28(30)31/h2-13H,15H2,1H3,(H,27,29)/b19-12-. The summed E-state index contributed by atoms with van der Waals surface area (Å²) >= 11 is 2.11. The van der Waals surface area contributed by atoms with E-state index in [4.69, 9.17) is 4.74 Å². The van der Waals surface area contributed by atoms with E-state index in [1.807, 2.05) is 37.3 Å². The van der Waals surface area contributed by atoms with Gasteiger partial charge in [-0.25, -0.2) is 0 Å². The van der Waals surface area contributed by atoms with E-state index in [1.165, 1.54) is 18.2 Å². The summed E-state index contributed by atoms with van der Waals surface area (Å²) in [4.78, 5) is 22.8. The van der Waals surface area contributed by atoms with Gasteiger partial charge in [-0.05, 0) is 88.7 Å². The lowest BCUT2D eigenvalue weighted by Gasteiger charge is -2.09. The third kappa shape index (κ3) is 6.15. The van der Waals surface area contributed by atoms with E-state index in [9.17, 15) is 20.2 Å². The van der Waals surface area contributed by atoms with Crippen LogP contribution in [0.15, 0.2) is 72.3 Å². The number of ether oxygens (including phenoxy) is 1. The van der Waals surface area contributed by atoms with Crippen LogP contribution < -0.4 is 10.1 Å². The highest BCUT2D eigenvalue weighted by molar-refractivity contribution is 14.1. The highest BCUT2D eigenvalue weighted by atomic mass is 127. The Bertz CT molecular complexity index is 1230. The van der Waals surface area contributed by atoms with Gasteiger partial charge in [-0.1, -0.05) is 18.2 Å². The minimum atomic E-state index is -0.480. The quantitative estimate of drug-likeness (QED) is 0.138. The summed E-state index contributed by atoms with van der Waals surface area (Å²) in [5.74, 6) is 0.149. The predicted molar refractivity (Wildman–Crippen MR) is 130 cm³/mol. The summed E-state index contributed by atoms with van der Waals surface area (Å²) in [6.07, 6.45) is 1.52. The van der Waals surface area contributed by atoms with Crippen LogP contribution in [0.2, 0.25) is 0 Å². The number of aryl methyl sites for hydroxylation is 1. The molecule has 0 aliphatic carbocycles. The van der Waals surface area contributed by atoms with Crippen molar-refractivity contribution >= 4 is 45.9 Å². The Morgan fingerprint density at radius 1 is 1.19 bits per heavy atom. The molecule has 0 spiro atoms. The van der Waals surface area contributed by atoms with Crippen molar-refractivity contribution in [2.75, 3.05) is 5.32 Å². The number of nitrogens with one attached hydrogen (secondary N) is 1. The first-order valence-corrected chi connectivity index (χ1v) is 10.6. The number of non-ortho nitro benzene ring substituents is 1. The molecule has 3 rings (SSSR count). The van der Waals surface area contributed by atoms with Gasteiger partial charge in [0.2, 0.25) is 0 Å². The number of nitro groups is 1. The van der Waals surface area contributed by atoms with Crippen molar-refractivity contribution in [2.24, 2.45) is 0 Å². The van der Waals surface area contributed by atoms with Gasteiger partial charge in [0.1, 0.15) is 24.0 Å². The first kappa shape index (κ1) is 23.0. The average molecular weight is 539 g/mol. The molecule has 0 unspecified atom stereocenters. The number of amides is 1. The van der Waals surface area contributed by atoms with Crippen LogP contribution in [0.5, 0.6) is 5.75 Å². The minimum Gasteiger partial charge on any atom is -0.488 e. The number of rotatable bonds is 7. The van der Waals surface area contributed by atoms with Crippen molar-refractivity contribution in [1.29, 1.82) is 5.26 Å². The number of halogens is 1. The third-order valence-electron chi connectivity index (χ3n) is 4.45. The van der Waals surface area contributed by atoms with E-state index in [-0.39, 0.29) is 17.9 Å². The molecule has 0 saturated carbocycles. The second kappa shape index (κ2) is 10.5. The van der Waals surface area contributed by atoms with Crippen LogP contribution in [-0.4, -0.2) is 10.8 Å². The first-order chi connectivity index (χ1) is 15.4. The summed E-state index contributed by atoms with van der Waals surface area (Å²) in [5, 5.41) is 22.9. The normalized spacial score (nSPS) is 10.8. The second-order valence-electron chi connectivity index (χ2n) is 6.90. The lowest BCUT2D eigenvalue weighted by molar-refractivity contribution is -0.384. The van der Waals surface area contributed by atoms with Gasteiger partial charge in [-0.15, -0.1) is 0 Å². The van der Waals surface area contributed by atoms with E-state index in [2.05, 4.69) is 27.9 Å². The van der Waals surface area contributed by atoms with E-state index in [0.29, 0.717) is 17.0 Å². The topological polar surface area (TPSA) is 105 Å². The van der Waals surface area contributed by atoms with Gasteiger partial charge in [-0.3, -0.25) is 14.9 Å². The van der Waals surface area contributed by atoms with Crippen molar-refractivity contribution in [3.05, 3.63) is 103 Å². The van der Waals surface area contributed by atoms with Crippen molar-refractivity contribution in [3.63, 3.8) is 0 Å². The average Bonchev–Trinajstić information content (AvgIpc) is 2.77. The highest BCUT2D eigenvalue weighted by Crippen LogP contribution is 2.25. The monoisotopic (exact) mass is 539 g/mol. The fraction of sp³-hybridized carbons (Fsp3) is 0.0833. The van der Waals surface area contributed by atoms with Crippen LogP contribution in [0, 0.1) is 31.9 Å². The van der Waals surface area contributed by atoms with Crippen molar-refractivity contribution in [1.82, 2.24) is 0 Å². The first-order valence-electron chi connectivity index (χ1n) is 9.51. The predicted octanol–water partition coefficient (Wildman–Crippen LogP) is 5.63. The van der Waals surface area contributed by atoms with Crippen molar-refractivity contribution in [3.8, 4) is 11.8 Å². The molecule has 3 aromatic carbocycles. The van der Waals surface area contributed by atoms with Gasteiger partial charge in [0.15, 0.2) is 0 Å². The Kier molecular flexibility index (Phi) is 7.57. The van der Waals surface area contributed by atoms with Crippen LogP contribution in [-0.2, 0) is 11.4 Å². The molecule has 0 aliphatic heterocycles. The Morgan fingerprint density at radius 3 is 2.56 bits per heavy atom. The van der Waals surface area contributed by atoms with Crippen LogP contribution in [0.4, 0.5) is 11.4 Å². The summed E-state index contributed by atoms with van der Waals surface area (Å²) in [7, 11) is 0. The maximum Gasteiger partial charge on any atom is 0.269 e. The maximum absolute atomic E-state index is 12.5. The van der Waals surface area contributed by atoms with Gasteiger partial charge in [0.05, 0.1) is 8.49 Å². The molecule has 160 valence electrons. The number of carbonyl (C=O) groups excluding carboxylic acids is 1. The summed E-state index contributed by atoms with van der Waals surface area (Å²) in [6, 6.07) is 20.8. The number of nitriles is 1. The van der Waals surface area contributed by atoms with E-state index < -0.39 is 10.8 Å². The van der Waals surface area contributed by atoms with Crippen LogP contribution in [0.1, 0.15) is 16.7 Å². The number of nitrogens with zero attached hydrogens (tertiary/aromatic N) is 2. The van der Waals surface area contributed by atoms with Gasteiger partial charge >= 0.3 is 0 Å². The lowest BCUT2D eigenvalue weighted by atomic mass is 10.1. The van der Waals surface area contributed by atoms with E-state index in [0.717, 1.165) is 14.7 Å². The zero-order valence-electron chi connectivity index (χ0n) is 17.0. The molecule has 3 aromatic rings. The third-order valence-corrected chi connectivity index (χ3v) is 5.29. The summed E-state index contributed by atoms with van der Waals surface area (Å²) < 4.78 is 6.61. The largest absolute Gasteiger partial charge is 0.488 e.